The molecule has 8 nitrogen and oxygen atoms in total. The van der Waals surface area contributed by atoms with E-state index in [0.717, 1.165) is 22.3 Å². The fraction of sp³-hybridized carbons (Fsp3) is 0.200. The van der Waals surface area contributed by atoms with Gasteiger partial charge in [0.05, 0.1) is 11.4 Å². The number of hydrogen-bond donors (Lipinski definition) is 0. The molecular weight excluding hydrogens is 352 g/mol. The Morgan fingerprint density at radius 2 is 1.00 bits per heavy atom. The van der Waals surface area contributed by atoms with Gasteiger partial charge in [0.2, 0.25) is 12.1 Å². The van der Waals surface area contributed by atoms with Gasteiger partial charge in [0.1, 0.15) is 24.3 Å². The minimum absolute atomic E-state index is 0.555. The van der Waals surface area contributed by atoms with Crippen LogP contribution in [0.15, 0.2) is 56.9 Å². The number of azo groups is 2. The minimum atomic E-state index is -1.12. The Hall–Kier alpha value is -4.40. The molecule has 0 radical (unpaired) electrons. The van der Waals surface area contributed by atoms with Crippen LogP contribution in [0.2, 0.25) is 0 Å². The number of hydrogen-bond acceptors (Lipinski definition) is 8. The Kier molecular flexibility index (Phi) is 6.64. The number of benzene rings is 2. The Morgan fingerprint density at radius 1 is 0.643 bits per heavy atom. The third-order valence-electron chi connectivity index (χ3n) is 3.78. The smallest absolute Gasteiger partial charge is 0.195 e. The van der Waals surface area contributed by atoms with Gasteiger partial charge in [0, 0.05) is 0 Å². The first kappa shape index (κ1) is 19.9. The van der Waals surface area contributed by atoms with Crippen LogP contribution in [-0.2, 0) is 0 Å². The number of nitrogens with zero attached hydrogens (tertiary/aromatic N) is 8. The van der Waals surface area contributed by atoms with E-state index in [9.17, 15) is 0 Å². The van der Waals surface area contributed by atoms with Crippen molar-refractivity contribution in [2.75, 3.05) is 0 Å². The third-order valence-corrected chi connectivity index (χ3v) is 3.78. The van der Waals surface area contributed by atoms with Crippen molar-refractivity contribution < 1.29 is 0 Å². The van der Waals surface area contributed by atoms with Gasteiger partial charge in [-0.25, -0.2) is 0 Å². The molecule has 0 aliphatic rings. The van der Waals surface area contributed by atoms with Crippen LogP contribution in [0.1, 0.15) is 11.1 Å². The minimum Gasteiger partial charge on any atom is -0.195 e. The van der Waals surface area contributed by atoms with Gasteiger partial charge in [-0.3, -0.25) is 0 Å². The quantitative estimate of drug-likeness (QED) is 0.687. The first-order valence-corrected chi connectivity index (χ1v) is 8.14. The van der Waals surface area contributed by atoms with E-state index in [1.165, 1.54) is 0 Å². The first-order chi connectivity index (χ1) is 13.5. The van der Waals surface area contributed by atoms with E-state index >= 15 is 0 Å². The molecule has 0 fully saturated rings. The maximum Gasteiger partial charge on any atom is 0.242 e. The van der Waals surface area contributed by atoms with Crippen LogP contribution in [0.3, 0.4) is 0 Å². The summed E-state index contributed by atoms with van der Waals surface area (Å²) < 4.78 is 0. The Morgan fingerprint density at radius 3 is 1.29 bits per heavy atom. The fourth-order valence-corrected chi connectivity index (χ4v) is 2.43. The number of rotatable bonds is 5. The second-order valence-electron chi connectivity index (χ2n) is 5.75. The first-order valence-electron chi connectivity index (χ1n) is 8.14. The SMILES string of the molecule is Cc1cc(N=NC(C#N)C#N)ccc1-c1ccc(N=NC(C#N)C#N)cc1C. The van der Waals surface area contributed by atoms with Crippen molar-refractivity contribution in [2.45, 2.75) is 25.9 Å². The molecule has 0 aromatic heterocycles. The number of nitriles is 4. The lowest BCUT2D eigenvalue weighted by Crippen LogP contribution is -1.93. The summed E-state index contributed by atoms with van der Waals surface area (Å²) in [6.07, 6.45) is 0. The molecule has 0 amide bonds. The molecule has 2 aromatic carbocycles. The largest absolute Gasteiger partial charge is 0.242 e. The third kappa shape index (κ3) is 4.82. The summed E-state index contributed by atoms with van der Waals surface area (Å²) in [4.78, 5) is 0. The standard InChI is InChI=1S/C20H14N8/c1-13-7-15(25-27-17(9-21)10-22)3-5-19(13)20-6-4-16(8-14(20)2)26-28-18(11-23)12-24/h3-8,17-18H,1-2H3. The van der Waals surface area contributed by atoms with Gasteiger partial charge in [-0.2, -0.15) is 41.5 Å². The lowest BCUT2D eigenvalue weighted by Gasteiger charge is -2.10. The Bertz CT molecular complexity index is 985. The van der Waals surface area contributed by atoms with E-state index in [2.05, 4.69) is 20.5 Å². The average Bonchev–Trinajstić information content (AvgIpc) is 2.70. The van der Waals surface area contributed by atoms with Crippen LogP contribution in [0.4, 0.5) is 11.4 Å². The fourth-order valence-electron chi connectivity index (χ4n) is 2.43. The zero-order valence-corrected chi connectivity index (χ0v) is 15.2. The maximum absolute atomic E-state index is 8.73. The van der Waals surface area contributed by atoms with Crippen molar-refractivity contribution in [3.63, 3.8) is 0 Å². The molecule has 2 aromatic rings. The van der Waals surface area contributed by atoms with E-state index in [0.29, 0.717) is 11.4 Å². The molecule has 0 bridgehead atoms. The van der Waals surface area contributed by atoms with Crippen molar-refractivity contribution in [3.05, 3.63) is 47.5 Å². The van der Waals surface area contributed by atoms with Crippen molar-refractivity contribution in [3.8, 4) is 35.4 Å². The van der Waals surface area contributed by atoms with E-state index in [-0.39, 0.29) is 0 Å². The van der Waals surface area contributed by atoms with Crippen LogP contribution in [0.5, 0.6) is 0 Å². The lowest BCUT2D eigenvalue weighted by molar-refractivity contribution is 0.948. The highest BCUT2D eigenvalue weighted by Crippen LogP contribution is 2.31. The topological polar surface area (TPSA) is 145 Å². The highest BCUT2D eigenvalue weighted by atomic mass is 15.1. The zero-order valence-electron chi connectivity index (χ0n) is 15.2. The Balaban J connectivity index is 2.29. The molecule has 28 heavy (non-hydrogen) atoms. The molecule has 8 heteroatoms. The molecule has 134 valence electrons. The number of aryl methyl sites for hydroxylation is 2. The molecule has 0 aliphatic heterocycles. The molecule has 0 aliphatic carbocycles. The summed E-state index contributed by atoms with van der Waals surface area (Å²) in [6.45, 7) is 3.86. The van der Waals surface area contributed by atoms with E-state index in [4.69, 9.17) is 21.0 Å². The Labute approximate surface area is 162 Å². The van der Waals surface area contributed by atoms with Gasteiger partial charge in [-0.05, 0) is 60.4 Å². The molecule has 0 N–H and O–H groups in total. The van der Waals surface area contributed by atoms with Crippen molar-refractivity contribution in [2.24, 2.45) is 20.5 Å². The molecule has 0 heterocycles. The molecular formula is C20H14N8. The lowest BCUT2D eigenvalue weighted by atomic mass is 9.96. The van der Waals surface area contributed by atoms with Gasteiger partial charge in [0.25, 0.3) is 0 Å². The normalized spacial score (nSPS) is 10.7. The molecule has 0 spiro atoms. The second-order valence-corrected chi connectivity index (χ2v) is 5.75. The van der Waals surface area contributed by atoms with Gasteiger partial charge in [0.15, 0.2) is 0 Å². The zero-order chi connectivity index (χ0) is 20.5. The van der Waals surface area contributed by atoms with E-state index in [1.54, 1.807) is 36.4 Å². The molecule has 0 atom stereocenters. The maximum atomic E-state index is 8.73. The highest BCUT2D eigenvalue weighted by molar-refractivity contribution is 5.73. The van der Waals surface area contributed by atoms with Gasteiger partial charge < -0.3 is 0 Å². The molecule has 0 saturated heterocycles. The van der Waals surface area contributed by atoms with Crippen LogP contribution >= 0.6 is 0 Å². The summed E-state index contributed by atoms with van der Waals surface area (Å²) in [5.74, 6) is 0. The summed E-state index contributed by atoms with van der Waals surface area (Å²) in [6, 6.07) is 15.7. The van der Waals surface area contributed by atoms with Gasteiger partial charge >= 0.3 is 0 Å². The predicted octanol–water partition coefficient (Wildman–Crippen LogP) is 4.97. The summed E-state index contributed by atoms with van der Waals surface area (Å²) in [5.41, 5.74) is 4.99. The summed E-state index contributed by atoms with van der Waals surface area (Å²) in [7, 11) is 0. The monoisotopic (exact) mass is 366 g/mol. The van der Waals surface area contributed by atoms with Crippen LogP contribution in [-0.4, -0.2) is 12.1 Å². The van der Waals surface area contributed by atoms with E-state index in [1.807, 2.05) is 38.1 Å². The predicted molar refractivity (Wildman–Crippen MR) is 100 cm³/mol. The molecule has 0 saturated carbocycles. The highest BCUT2D eigenvalue weighted by Gasteiger charge is 2.08. The van der Waals surface area contributed by atoms with E-state index < -0.39 is 12.1 Å². The van der Waals surface area contributed by atoms with Gasteiger partial charge in [-0.1, -0.05) is 12.1 Å². The summed E-state index contributed by atoms with van der Waals surface area (Å²) in [5, 5.41) is 50.2. The van der Waals surface area contributed by atoms with Crippen LogP contribution in [0.25, 0.3) is 11.1 Å². The molecule has 0 unspecified atom stereocenters. The van der Waals surface area contributed by atoms with Crippen LogP contribution in [0, 0.1) is 59.2 Å². The second kappa shape index (κ2) is 9.34. The van der Waals surface area contributed by atoms with Crippen LogP contribution < -0.4 is 0 Å². The summed E-state index contributed by atoms with van der Waals surface area (Å²) >= 11 is 0. The average molecular weight is 366 g/mol. The van der Waals surface area contributed by atoms with Crippen molar-refractivity contribution >= 4 is 11.4 Å². The molecule has 2 rings (SSSR count). The van der Waals surface area contributed by atoms with Crippen molar-refractivity contribution in [1.82, 2.24) is 0 Å². The van der Waals surface area contributed by atoms with Gasteiger partial charge in [-0.15, -0.1) is 0 Å². The van der Waals surface area contributed by atoms with Crippen molar-refractivity contribution in [1.29, 1.82) is 21.0 Å².